The summed E-state index contributed by atoms with van der Waals surface area (Å²) >= 11 is 0. The molecule has 0 unspecified atom stereocenters. The molecule has 1 rings (SSSR count). The molecule has 0 aliphatic rings. The number of ether oxygens (including phenoxy) is 1. The van der Waals surface area contributed by atoms with Gasteiger partial charge in [-0.05, 0) is 57.6 Å². The van der Waals surface area contributed by atoms with E-state index in [4.69, 9.17) is 9.84 Å². The van der Waals surface area contributed by atoms with Gasteiger partial charge in [-0.2, -0.15) is 0 Å². The summed E-state index contributed by atoms with van der Waals surface area (Å²) in [6.45, 7) is 2.03. The molecule has 0 bridgehead atoms. The number of hydrogen-bond donors (Lipinski definition) is 1. The minimum absolute atomic E-state index is 0.0144. The van der Waals surface area contributed by atoms with Crippen LogP contribution in [0.25, 0.3) is 0 Å². The zero-order valence-corrected chi connectivity index (χ0v) is 18.9. The fourth-order valence-electron chi connectivity index (χ4n) is 2.62. The summed E-state index contributed by atoms with van der Waals surface area (Å²) in [6.07, 6.45) is 30.8. The molecule has 0 aliphatic heterocycles. The van der Waals surface area contributed by atoms with E-state index in [0.717, 1.165) is 32.1 Å². The molecule has 170 valence electrons. The lowest BCUT2D eigenvalue weighted by molar-refractivity contribution is -0.134. The highest BCUT2D eigenvalue weighted by molar-refractivity contribution is 5.91. The summed E-state index contributed by atoms with van der Waals surface area (Å²) in [5, 5.41) is 9.10. The number of carboxylic acid groups (broad SMARTS) is 1. The van der Waals surface area contributed by atoms with Gasteiger partial charge in [0.25, 0.3) is 0 Å². The Morgan fingerprint density at radius 2 is 1.22 bits per heavy atom. The van der Waals surface area contributed by atoms with Gasteiger partial charge in [-0.25, -0.2) is 4.79 Å². The standard InChI is InChI=1S/C28H34O4/c1-2-3-4-5-6-7-8-9-10-11-12-13-14-15-16-17-18-19-24-27(29)32-26-23-21-20-22-25(26)28(30)31/h2-3,5-6,8-9,11-12,14-15,17-18,20-23H,4,7,10,13,16,19,24H2,1H3,(H,30,31). The molecule has 0 heterocycles. The van der Waals surface area contributed by atoms with Crippen molar-refractivity contribution in [2.75, 3.05) is 0 Å². The molecule has 1 aromatic rings. The molecule has 0 aromatic heterocycles. The highest BCUT2D eigenvalue weighted by Gasteiger charge is 2.13. The van der Waals surface area contributed by atoms with Gasteiger partial charge in [-0.1, -0.05) is 85.0 Å². The SMILES string of the molecule is CC=CCC=CCC=CCC=CCC=CCC=CCCC(=O)Oc1ccccc1C(=O)O. The monoisotopic (exact) mass is 434 g/mol. The molecule has 0 aliphatic carbocycles. The summed E-state index contributed by atoms with van der Waals surface area (Å²) < 4.78 is 5.15. The van der Waals surface area contributed by atoms with Gasteiger partial charge in [0.1, 0.15) is 11.3 Å². The van der Waals surface area contributed by atoms with Crippen LogP contribution in [0.2, 0.25) is 0 Å². The van der Waals surface area contributed by atoms with Crippen LogP contribution in [0.5, 0.6) is 5.75 Å². The van der Waals surface area contributed by atoms with Crippen molar-refractivity contribution in [2.45, 2.75) is 51.9 Å². The minimum atomic E-state index is -1.12. The lowest BCUT2D eigenvalue weighted by Crippen LogP contribution is -2.10. The van der Waals surface area contributed by atoms with Gasteiger partial charge in [0.2, 0.25) is 0 Å². The quantitative estimate of drug-likeness (QED) is 0.178. The maximum Gasteiger partial charge on any atom is 0.339 e. The molecule has 0 spiro atoms. The van der Waals surface area contributed by atoms with Gasteiger partial charge in [0, 0.05) is 6.42 Å². The molecular formula is C28H34O4. The van der Waals surface area contributed by atoms with Gasteiger partial charge in [-0.15, -0.1) is 0 Å². The van der Waals surface area contributed by atoms with Crippen LogP contribution in [0.4, 0.5) is 0 Å². The number of hydrogen-bond acceptors (Lipinski definition) is 3. The van der Waals surface area contributed by atoms with Crippen LogP contribution >= 0.6 is 0 Å². The zero-order valence-electron chi connectivity index (χ0n) is 18.9. The Balaban J connectivity index is 2.11. The smallest absolute Gasteiger partial charge is 0.339 e. The van der Waals surface area contributed by atoms with Crippen molar-refractivity contribution in [3.05, 3.63) is 103 Å². The first-order chi connectivity index (χ1) is 15.6. The third kappa shape index (κ3) is 13.8. The molecule has 0 saturated heterocycles. The number of carboxylic acids is 1. The molecule has 32 heavy (non-hydrogen) atoms. The van der Waals surface area contributed by atoms with E-state index in [1.54, 1.807) is 12.1 Å². The second-order valence-corrected chi connectivity index (χ2v) is 6.92. The Hall–Kier alpha value is -3.40. The number of carbonyl (C=O) groups is 2. The Kier molecular flexibility index (Phi) is 15.3. The predicted molar refractivity (Wildman–Crippen MR) is 132 cm³/mol. The van der Waals surface area contributed by atoms with Crippen molar-refractivity contribution in [3.63, 3.8) is 0 Å². The summed E-state index contributed by atoms with van der Waals surface area (Å²) in [5.41, 5.74) is -0.0144. The fraction of sp³-hybridized carbons (Fsp3) is 0.286. The van der Waals surface area contributed by atoms with E-state index in [1.165, 1.54) is 12.1 Å². The zero-order chi connectivity index (χ0) is 23.3. The number of esters is 1. The molecule has 4 nitrogen and oxygen atoms in total. The van der Waals surface area contributed by atoms with Gasteiger partial charge in [0.15, 0.2) is 0 Å². The van der Waals surface area contributed by atoms with Crippen LogP contribution in [0, 0.1) is 0 Å². The number of carbonyl (C=O) groups excluding carboxylic acids is 1. The number of allylic oxidation sites excluding steroid dienone is 12. The fourth-order valence-corrected chi connectivity index (χ4v) is 2.62. The number of aromatic carboxylic acids is 1. The Morgan fingerprint density at radius 1 is 0.750 bits per heavy atom. The van der Waals surface area contributed by atoms with E-state index < -0.39 is 11.9 Å². The van der Waals surface area contributed by atoms with Gasteiger partial charge >= 0.3 is 11.9 Å². The lowest BCUT2D eigenvalue weighted by Gasteiger charge is -2.06. The molecule has 0 saturated carbocycles. The van der Waals surface area contributed by atoms with Crippen LogP contribution in [-0.2, 0) is 4.79 Å². The third-order valence-electron chi connectivity index (χ3n) is 4.29. The van der Waals surface area contributed by atoms with Crippen molar-refractivity contribution >= 4 is 11.9 Å². The van der Waals surface area contributed by atoms with Crippen molar-refractivity contribution in [2.24, 2.45) is 0 Å². The van der Waals surface area contributed by atoms with Crippen molar-refractivity contribution in [3.8, 4) is 5.75 Å². The van der Waals surface area contributed by atoms with Crippen LogP contribution < -0.4 is 4.74 Å². The topological polar surface area (TPSA) is 63.6 Å². The first kappa shape index (κ1) is 26.6. The maximum atomic E-state index is 11.9. The largest absolute Gasteiger partial charge is 0.478 e. The number of benzene rings is 1. The summed E-state index contributed by atoms with van der Waals surface area (Å²) in [4.78, 5) is 23.0. The lowest BCUT2D eigenvalue weighted by atomic mass is 10.2. The molecule has 1 N–H and O–H groups in total. The molecule has 0 fully saturated rings. The van der Waals surface area contributed by atoms with Crippen LogP contribution in [-0.4, -0.2) is 17.0 Å². The average molecular weight is 435 g/mol. The Bertz CT molecular complexity index is 854. The van der Waals surface area contributed by atoms with Gasteiger partial charge in [0.05, 0.1) is 0 Å². The highest BCUT2D eigenvalue weighted by Crippen LogP contribution is 2.18. The molecule has 4 heteroatoms. The summed E-state index contributed by atoms with van der Waals surface area (Å²) in [6, 6.07) is 6.13. The number of para-hydroxylation sites is 1. The highest BCUT2D eigenvalue weighted by atomic mass is 16.5. The summed E-state index contributed by atoms with van der Waals surface area (Å²) in [5.74, 6) is -1.48. The third-order valence-corrected chi connectivity index (χ3v) is 4.29. The van der Waals surface area contributed by atoms with Crippen molar-refractivity contribution in [1.82, 2.24) is 0 Å². The van der Waals surface area contributed by atoms with E-state index in [9.17, 15) is 9.59 Å². The van der Waals surface area contributed by atoms with Crippen molar-refractivity contribution in [1.29, 1.82) is 0 Å². The van der Waals surface area contributed by atoms with E-state index >= 15 is 0 Å². The second kappa shape index (κ2) is 18.4. The van der Waals surface area contributed by atoms with Gasteiger partial charge < -0.3 is 9.84 Å². The molecular weight excluding hydrogens is 400 g/mol. The van der Waals surface area contributed by atoms with E-state index in [2.05, 4.69) is 60.8 Å². The molecule has 0 atom stereocenters. The van der Waals surface area contributed by atoms with Gasteiger partial charge in [-0.3, -0.25) is 4.79 Å². The molecule has 0 radical (unpaired) electrons. The first-order valence-electron chi connectivity index (χ1n) is 11.0. The first-order valence-corrected chi connectivity index (χ1v) is 11.0. The second-order valence-electron chi connectivity index (χ2n) is 6.92. The van der Waals surface area contributed by atoms with Crippen LogP contribution in [0.15, 0.2) is 97.2 Å². The normalized spacial score (nSPS) is 12.4. The predicted octanol–water partition coefficient (Wildman–Crippen LogP) is 7.38. The van der Waals surface area contributed by atoms with Crippen LogP contribution in [0.1, 0.15) is 62.2 Å². The van der Waals surface area contributed by atoms with E-state index in [1.807, 2.05) is 19.1 Å². The molecule has 0 amide bonds. The minimum Gasteiger partial charge on any atom is -0.478 e. The van der Waals surface area contributed by atoms with E-state index in [0.29, 0.717) is 6.42 Å². The molecule has 1 aromatic carbocycles. The maximum absolute atomic E-state index is 11.9. The summed E-state index contributed by atoms with van der Waals surface area (Å²) in [7, 11) is 0. The average Bonchev–Trinajstić information content (AvgIpc) is 2.78. The Morgan fingerprint density at radius 3 is 1.72 bits per heavy atom. The van der Waals surface area contributed by atoms with Crippen molar-refractivity contribution < 1.29 is 19.4 Å². The Labute approximate surface area is 192 Å². The number of rotatable bonds is 15. The van der Waals surface area contributed by atoms with E-state index in [-0.39, 0.29) is 17.7 Å². The van der Waals surface area contributed by atoms with Crippen LogP contribution in [0.3, 0.4) is 0 Å².